The lowest BCUT2D eigenvalue weighted by atomic mass is 10.1. The fraction of sp³-hybridized carbons (Fsp3) is 0.0870. The van der Waals surface area contributed by atoms with E-state index in [9.17, 15) is 0 Å². The average molecular weight is 426 g/mol. The molecule has 0 unspecified atom stereocenters. The van der Waals surface area contributed by atoms with Gasteiger partial charge in [0, 0.05) is 17.0 Å². The molecule has 0 amide bonds. The molecule has 0 aliphatic carbocycles. The minimum Gasteiger partial charge on any atom is -0.497 e. The Bertz CT molecular complexity index is 1250. The summed E-state index contributed by atoms with van der Waals surface area (Å²) >= 11 is 12.5. The van der Waals surface area contributed by atoms with Crippen molar-refractivity contribution >= 4 is 39.9 Å². The third-order valence-electron chi connectivity index (χ3n) is 4.50. The smallest absolute Gasteiger partial charge is 0.137 e. The van der Waals surface area contributed by atoms with Crippen LogP contribution in [0.1, 0.15) is 0 Å². The number of fused-ring (bicyclic) bond motifs is 1. The molecule has 0 radical (unpaired) electrons. The molecular weight excluding hydrogens is 409 g/mol. The molecule has 3 aromatic carbocycles. The molecule has 6 heteroatoms. The summed E-state index contributed by atoms with van der Waals surface area (Å²) in [5, 5.41) is 2.35. The van der Waals surface area contributed by atoms with Crippen LogP contribution < -0.4 is 14.8 Å². The molecule has 0 saturated carbocycles. The quantitative estimate of drug-likeness (QED) is 0.367. The summed E-state index contributed by atoms with van der Waals surface area (Å²) in [5.41, 5.74) is 2.16. The Hall–Kier alpha value is -2.95. The zero-order chi connectivity index (χ0) is 20.4. The highest BCUT2D eigenvalue weighted by Gasteiger charge is 2.09. The second-order valence-corrected chi connectivity index (χ2v) is 7.06. The first kappa shape index (κ1) is 19.4. The molecule has 0 N–H and O–H groups in total. The van der Waals surface area contributed by atoms with E-state index in [-0.39, 0.29) is 0 Å². The molecule has 0 spiro atoms. The highest BCUT2D eigenvalue weighted by atomic mass is 35.5. The topological polar surface area (TPSA) is 44.0 Å². The van der Waals surface area contributed by atoms with Gasteiger partial charge >= 0.3 is 0 Å². The van der Waals surface area contributed by atoms with E-state index in [1.54, 1.807) is 20.3 Å². The Labute approximate surface area is 177 Å². The number of benzene rings is 3. The van der Waals surface area contributed by atoms with Gasteiger partial charge in [0.05, 0.1) is 35.3 Å². The number of nitrogens with zero attached hydrogens (tertiary/aromatic N) is 1. The van der Waals surface area contributed by atoms with Gasteiger partial charge in [-0.2, -0.15) is 0 Å². The Morgan fingerprint density at radius 3 is 2.28 bits per heavy atom. The molecule has 4 rings (SSSR count). The predicted octanol–water partition coefficient (Wildman–Crippen LogP) is 6.66. The predicted molar refractivity (Wildman–Crippen MR) is 116 cm³/mol. The summed E-state index contributed by atoms with van der Waals surface area (Å²) in [4.78, 5) is 4.77. The molecule has 1 aromatic heterocycles. The Morgan fingerprint density at radius 1 is 0.828 bits per heavy atom. The normalized spacial score (nSPS) is 11.7. The van der Waals surface area contributed by atoms with Crippen molar-refractivity contribution in [3.8, 4) is 22.8 Å². The Balaban J connectivity index is 1.98. The minimum absolute atomic E-state index is 0.400. The van der Waals surface area contributed by atoms with Gasteiger partial charge in [-0.05, 0) is 54.6 Å². The van der Waals surface area contributed by atoms with E-state index in [1.165, 1.54) is 0 Å². The van der Waals surface area contributed by atoms with Crippen LogP contribution in [0.3, 0.4) is 0 Å². The van der Waals surface area contributed by atoms with Gasteiger partial charge in [0.2, 0.25) is 0 Å². The number of hydrogen-bond acceptors (Lipinski definition) is 4. The fourth-order valence-electron chi connectivity index (χ4n) is 2.97. The average Bonchev–Trinajstić information content (AvgIpc) is 2.76. The minimum atomic E-state index is 0.400. The summed E-state index contributed by atoms with van der Waals surface area (Å²) in [6.07, 6.45) is 0. The molecule has 0 atom stereocenters. The van der Waals surface area contributed by atoms with Crippen LogP contribution in [0.2, 0.25) is 10.0 Å². The largest absolute Gasteiger partial charge is 0.497 e. The molecule has 0 saturated heterocycles. The standard InChI is InChI=1S/C23H17Cl2NO3/c1-27-15-8-6-14(7-9-15)22-13-20(26-19-5-3-4-18(24)23(19)25)17-12-16(28-2)10-11-21(17)29-22/h3-13H,1-2H3. The second kappa shape index (κ2) is 8.19. The molecule has 1 heterocycles. The van der Waals surface area contributed by atoms with E-state index >= 15 is 0 Å². The molecule has 146 valence electrons. The maximum Gasteiger partial charge on any atom is 0.137 e. The van der Waals surface area contributed by atoms with Gasteiger partial charge in [0.1, 0.15) is 22.8 Å². The molecule has 0 bridgehead atoms. The molecule has 4 nitrogen and oxygen atoms in total. The first-order valence-corrected chi connectivity index (χ1v) is 9.59. The van der Waals surface area contributed by atoms with Gasteiger partial charge in [-0.15, -0.1) is 0 Å². The number of methoxy groups -OCH3 is 2. The SMILES string of the molecule is COc1ccc(-c2cc(=Nc3cccc(Cl)c3Cl)c3cc(OC)ccc3o2)cc1. The fourth-order valence-corrected chi connectivity index (χ4v) is 3.31. The number of ether oxygens (including phenoxy) is 2. The Kier molecular flexibility index (Phi) is 5.47. The van der Waals surface area contributed by atoms with Crippen LogP contribution in [0, 0.1) is 0 Å². The van der Waals surface area contributed by atoms with Crippen molar-refractivity contribution in [2.75, 3.05) is 14.2 Å². The first-order chi connectivity index (χ1) is 14.1. The molecular formula is C23H17Cl2NO3. The first-order valence-electron chi connectivity index (χ1n) is 8.84. The molecule has 4 aromatic rings. The van der Waals surface area contributed by atoms with Crippen LogP contribution in [0.4, 0.5) is 5.69 Å². The number of rotatable bonds is 4. The van der Waals surface area contributed by atoms with Crippen molar-refractivity contribution in [1.82, 2.24) is 0 Å². The lowest BCUT2D eigenvalue weighted by Gasteiger charge is -2.08. The van der Waals surface area contributed by atoms with Crippen molar-refractivity contribution < 1.29 is 13.9 Å². The molecule has 0 aliphatic heterocycles. The molecule has 29 heavy (non-hydrogen) atoms. The molecule has 0 fully saturated rings. The van der Waals surface area contributed by atoms with Gasteiger partial charge in [-0.1, -0.05) is 29.3 Å². The van der Waals surface area contributed by atoms with Crippen molar-refractivity contribution in [3.63, 3.8) is 0 Å². The maximum absolute atomic E-state index is 6.36. The van der Waals surface area contributed by atoms with Crippen LogP contribution in [-0.2, 0) is 0 Å². The van der Waals surface area contributed by atoms with E-state index in [1.807, 2.05) is 60.7 Å². The summed E-state index contributed by atoms with van der Waals surface area (Å²) in [7, 11) is 3.25. The van der Waals surface area contributed by atoms with Crippen LogP contribution in [-0.4, -0.2) is 14.2 Å². The zero-order valence-corrected chi connectivity index (χ0v) is 17.3. The molecule has 0 aliphatic rings. The van der Waals surface area contributed by atoms with Gasteiger partial charge in [-0.3, -0.25) is 0 Å². The van der Waals surface area contributed by atoms with E-state index in [4.69, 9.17) is 42.1 Å². The monoisotopic (exact) mass is 425 g/mol. The maximum atomic E-state index is 6.36. The van der Waals surface area contributed by atoms with Gasteiger partial charge in [-0.25, -0.2) is 4.99 Å². The zero-order valence-electron chi connectivity index (χ0n) is 15.8. The summed E-state index contributed by atoms with van der Waals surface area (Å²) in [6.45, 7) is 0. The third-order valence-corrected chi connectivity index (χ3v) is 5.31. The van der Waals surface area contributed by atoms with Crippen molar-refractivity contribution in [1.29, 1.82) is 0 Å². The van der Waals surface area contributed by atoms with Crippen LogP contribution in [0.5, 0.6) is 11.5 Å². The highest BCUT2D eigenvalue weighted by molar-refractivity contribution is 6.43. The Morgan fingerprint density at radius 2 is 1.55 bits per heavy atom. The summed E-state index contributed by atoms with van der Waals surface area (Å²) < 4.78 is 16.7. The van der Waals surface area contributed by atoms with Crippen LogP contribution in [0.25, 0.3) is 22.3 Å². The van der Waals surface area contributed by atoms with Crippen molar-refractivity contribution in [3.05, 3.63) is 82.1 Å². The lowest BCUT2D eigenvalue weighted by molar-refractivity contribution is 0.414. The van der Waals surface area contributed by atoms with Crippen LogP contribution in [0.15, 0.2) is 76.1 Å². The highest BCUT2D eigenvalue weighted by Crippen LogP contribution is 2.32. The van der Waals surface area contributed by atoms with Crippen LogP contribution >= 0.6 is 23.2 Å². The van der Waals surface area contributed by atoms with Gasteiger partial charge < -0.3 is 13.9 Å². The van der Waals surface area contributed by atoms with Crippen molar-refractivity contribution in [2.45, 2.75) is 0 Å². The summed E-state index contributed by atoms with van der Waals surface area (Å²) in [5.74, 6) is 2.15. The number of hydrogen-bond donors (Lipinski definition) is 0. The summed E-state index contributed by atoms with van der Waals surface area (Å²) in [6, 6.07) is 20.5. The van der Waals surface area contributed by atoms with Gasteiger partial charge in [0.15, 0.2) is 0 Å². The van der Waals surface area contributed by atoms with Crippen molar-refractivity contribution in [2.24, 2.45) is 4.99 Å². The second-order valence-electron chi connectivity index (χ2n) is 6.27. The van der Waals surface area contributed by atoms with E-state index < -0.39 is 0 Å². The van der Waals surface area contributed by atoms with Gasteiger partial charge in [0.25, 0.3) is 0 Å². The van der Waals surface area contributed by atoms with E-state index in [2.05, 4.69) is 0 Å². The number of halogens is 2. The van der Waals surface area contributed by atoms with E-state index in [0.717, 1.165) is 16.7 Å². The third kappa shape index (κ3) is 3.95. The lowest BCUT2D eigenvalue weighted by Crippen LogP contribution is -2.03. The van der Waals surface area contributed by atoms with E-state index in [0.29, 0.717) is 38.2 Å².